The number of aliphatic carboxylic acids is 1. The van der Waals surface area contributed by atoms with Crippen molar-refractivity contribution in [2.45, 2.75) is 33.4 Å². The number of para-hydroxylation sites is 1. The fraction of sp³-hybridized carbons (Fsp3) is 0.200. The first-order valence-electron chi connectivity index (χ1n) is 10.8. The first-order valence-corrected chi connectivity index (χ1v) is 10.8. The number of nitrogens with one attached hydrogen (secondary N) is 1. The van der Waals surface area contributed by atoms with E-state index in [4.69, 9.17) is 9.84 Å². The molecule has 4 aromatic rings. The van der Waals surface area contributed by atoms with Crippen LogP contribution in [0.4, 0.5) is 5.69 Å². The Labute approximate surface area is 196 Å². The molecule has 1 amide bonds. The van der Waals surface area contributed by atoms with Gasteiger partial charge in [-0.05, 0) is 43.7 Å². The van der Waals surface area contributed by atoms with Gasteiger partial charge in [-0.1, -0.05) is 30.3 Å². The Morgan fingerprint density at radius 2 is 1.82 bits per heavy atom. The van der Waals surface area contributed by atoms with Crippen molar-refractivity contribution in [3.63, 3.8) is 0 Å². The smallest absolute Gasteiger partial charge is 0.305 e. The molecule has 0 saturated heterocycles. The van der Waals surface area contributed by atoms with Gasteiger partial charge in [-0.2, -0.15) is 10.2 Å². The predicted molar refractivity (Wildman–Crippen MR) is 126 cm³/mol. The second-order valence-electron chi connectivity index (χ2n) is 7.86. The molecule has 4 rings (SSSR count). The molecular formula is C25H25N5O4. The second-order valence-corrected chi connectivity index (χ2v) is 7.86. The van der Waals surface area contributed by atoms with Crippen LogP contribution in [-0.2, 0) is 17.9 Å². The summed E-state index contributed by atoms with van der Waals surface area (Å²) in [5.41, 5.74) is 3.51. The summed E-state index contributed by atoms with van der Waals surface area (Å²) >= 11 is 0. The Morgan fingerprint density at radius 1 is 1.06 bits per heavy atom. The van der Waals surface area contributed by atoms with Crippen LogP contribution in [0.3, 0.4) is 0 Å². The van der Waals surface area contributed by atoms with Crippen LogP contribution >= 0.6 is 0 Å². The predicted octanol–water partition coefficient (Wildman–Crippen LogP) is 4.26. The van der Waals surface area contributed by atoms with Gasteiger partial charge in [0.25, 0.3) is 5.91 Å². The van der Waals surface area contributed by atoms with Crippen LogP contribution in [0, 0.1) is 13.8 Å². The lowest BCUT2D eigenvalue weighted by molar-refractivity contribution is -0.137. The molecular weight excluding hydrogens is 434 g/mol. The molecule has 0 atom stereocenters. The molecule has 0 aliphatic rings. The third kappa shape index (κ3) is 5.50. The van der Waals surface area contributed by atoms with E-state index < -0.39 is 5.97 Å². The summed E-state index contributed by atoms with van der Waals surface area (Å²) in [6.07, 6.45) is 2.89. The molecule has 0 radical (unpaired) electrons. The third-order valence-corrected chi connectivity index (χ3v) is 5.28. The van der Waals surface area contributed by atoms with Crippen LogP contribution in [0.2, 0.25) is 0 Å². The Balaban J connectivity index is 1.45. The van der Waals surface area contributed by atoms with Crippen molar-refractivity contribution in [1.82, 2.24) is 19.6 Å². The molecule has 0 spiro atoms. The summed E-state index contributed by atoms with van der Waals surface area (Å²) in [5.74, 6) is 0.253. The molecule has 0 bridgehead atoms. The van der Waals surface area contributed by atoms with E-state index in [-0.39, 0.29) is 18.9 Å². The number of rotatable bonds is 9. The largest absolute Gasteiger partial charge is 0.481 e. The molecule has 0 aliphatic carbocycles. The number of hydrogen-bond donors (Lipinski definition) is 2. The average Bonchev–Trinajstić information content (AvgIpc) is 3.39. The normalized spacial score (nSPS) is 10.8. The number of benzene rings is 2. The molecule has 2 aromatic heterocycles. The molecule has 9 heteroatoms. The van der Waals surface area contributed by atoms with Crippen LogP contribution in [0.1, 0.15) is 33.7 Å². The van der Waals surface area contributed by atoms with Crippen LogP contribution in [0.15, 0.2) is 67.0 Å². The van der Waals surface area contributed by atoms with Crippen molar-refractivity contribution in [2.75, 3.05) is 5.32 Å². The summed E-state index contributed by atoms with van der Waals surface area (Å²) in [4.78, 5) is 23.4. The van der Waals surface area contributed by atoms with E-state index in [0.717, 1.165) is 22.8 Å². The van der Waals surface area contributed by atoms with Gasteiger partial charge in [0.2, 0.25) is 0 Å². The molecule has 0 saturated carbocycles. The highest BCUT2D eigenvalue weighted by molar-refractivity contribution is 6.04. The van der Waals surface area contributed by atoms with Crippen LogP contribution in [0.25, 0.3) is 0 Å². The van der Waals surface area contributed by atoms with E-state index in [0.29, 0.717) is 23.5 Å². The summed E-state index contributed by atoms with van der Waals surface area (Å²) in [7, 11) is 0. The van der Waals surface area contributed by atoms with E-state index >= 15 is 0 Å². The minimum atomic E-state index is -0.919. The highest BCUT2D eigenvalue weighted by Gasteiger charge is 2.17. The van der Waals surface area contributed by atoms with Crippen LogP contribution < -0.4 is 10.1 Å². The van der Waals surface area contributed by atoms with Gasteiger partial charge in [0.15, 0.2) is 0 Å². The minimum absolute atomic E-state index is 0.0642. The lowest BCUT2D eigenvalue weighted by Gasteiger charge is -2.09. The van der Waals surface area contributed by atoms with Crippen LogP contribution in [-0.4, -0.2) is 36.5 Å². The monoisotopic (exact) mass is 459 g/mol. The van der Waals surface area contributed by atoms with Gasteiger partial charge in [-0.15, -0.1) is 0 Å². The zero-order valence-electron chi connectivity index (χ0n) is 18.9. The van der Waals surface area contributed by atoms with Gasteiger partial charge in [-0.25, -0.2) is 0 Å². The number of aryl methyl sites for hydroxylation is 2. The number of nitrogens with zero attached hydrogens (tertiary/aromatic N) is 4. The molecule has 2 aromatic carbocycles. The standard InChI is InChI=1S/C25H25N5O4/c1-17-24(27-25(33)20-14-26-29(16-20)12-11-23(31)32)18(2)30(28-17)15-19-7-6-10-22(13-19)34-21-8-4-3-5-9-21/h3-10,13-14,16H,11-12,15H2,1-2H3,(H,27,33)(H,31,32). The Morgan fingerprint density at radius 3 is 2.59 bits per heavy atom. The van der Waals surface area contributed by atoms with E-state index in [1.807, 2.05) is 73.1 Å². The maximum atomic E-state index is 12.7. The molecule has 2 N–H and O–H groups in total. The quantitative estimate of drug-likeness (QED) is 0.387. The summed E-state index contributed by atoms with van der Waals surface area (Å²) in [6, 6.07) is 17.4. The van der Waals surface area contributed by atoms with E-state index in [9.17, 15) is 9.59 Å². The van der Waals surface area contributed by atoms with E-state index in [1.54, 1.807) is 0 Å². The van der Waals surface area contributed by atoms with Crippen molar-refractivity contribution in [2.24, 2.45) is 0 Å². The Hall–Kier alpha value is -4.40. The second kappa shape index (κ2) is 10.0. The minimum Gasteiger partial charge on any atom is -0.481 e. The molecule has 0 aliphatic heterocycles. The zero-order valence-corrected chi connectivity index (χ0v) is 18.9. The molecule has 34 heavy (non-hydrogen) atoms. The molecule has 2 heterocycles. The fourth-order valence-electron chi connectivity index (χ4n) is 3.54. The number of aromatic nitrogens is 4. The first-order chi connectivity index (χ1) is 16.4. The van der Waals surface area contributed by atoms with Gasteiger partial charge in [0.05, 0.1) is 48.3 Å². The van der Waals surface area contributed by atoms with E-state index in [1.165, 1.54) is 17.1 Å². The number of carbonyl (C=O) groups is 2. The van der Waals surface area contributed by atoms with Crippen molar-refractivity contribution >= 4 is 17.6 Å². The number of hydrogen-bond acceptors (Lipinski definition) is 5. The fourth-order valence-corrected chi connectivity index (χ4v) is 3.54. The van der Waals surface area contributed by atoms with Gasteiger partial charge >= 0.3 is 5.97 Å². The van der Waals surface area contributed by atoms with Crippen molar-refractivity contribution < 1.29 is 19.4 Å². The first kappa shape index (κ1) is 22.8. The number of carboxylic acid groups (broad SMARTS) is 1. The SMILES string of the molecule is Cc1nn(Cc2cccc(Oc3ccccc3)c2)c(C)c1NC(=O)c1cnn(CCC(=O)O)c1. The summed E-state index contributed by atoms with van der Waals surface area (Å²) in [6.45, 7) is 4.45. The number of amides is 1. The molecule has 9 nitrogen and oxygen atoms in total. The lowest BCUT2D eigenvalue weighted by atomic mass is 10.2. The topological polar surface area (TPSA) is 111 Å². The van der Waals surface area contributed by atoms with Crippen molar-refractivity contribution in [3.8, 4) is 11.5 Å². The molecule has 0 unspecified atom stereocenters. The van der Waals surface area contributed by atoms with Gasteiger partial charge in [-0.3, -0.25) is 19.0 Å². The number of carbonyl (C=O) groups excluding carboxylic acids is 1. The van der Waals surface area contributed by atoms with Gasteiger partial charge < -0.3 is 15.2 Å². The Bertz CT molecular complexity index is 1310. The van der Waals surface area contributed by atoms with Gasteiger partial charge in [0.1, 0.15) is 11.5 Å². The number of ether oxygens (including phenoxy) is 1. The van der Waals surface area contributed by atoms with E-state index in [2.05, 4.69) is 15.5 Å². The highest BCUT2D eigenvalue weighted by atomic mass is 16.5. The van der Waals surface area contributed by atoms with Crippen molar-refractivity contribution in [1.29, 1.82) is 0 Å². The maximum Gasteiger partial charge on any atom is 0.305 e. The highest BCUT2D eigenvalue weighted by Crippen LogP contribution is 2.24. The average molecular weight is 460 g/mol. The molecule has 0 fully saturated rings. The number of anilines is 1. The van der Waals surface area contributed by atoms with Crippen molar-refractivity contribution in [3.05, 3.63) is 89.5 Å². The third-order valence-electron chi connectivity index (χ3n) is 5.28. The maximum absolute atomic E-state index is 12.7. The summed E-state index contributed by atoms with van der Waals surface area (Å²) < 4.78 is 9.20. The molecule has 174 valence electrons. The summed E-state index contributed by atoms with van der Waals surface area (Å²) in [5, 5.41) is 20.4. The van der Waals surface area contributed by atoms with Crippen LogP contribution in [0.5, 0.6) is 11.5 Å². The van der Waals surface area contributed by atoms with Gasteiger partial charge in [0, 0.05) is 6.20 Å². The Kier molecular flexibility index (Phi) is 6.72. The zero-order chi connectivity index (χ0) is 24.1. The number of carboxylic acids is 1. The lowest BCUT2D eigenvalue weighted by Crippen LogP contribution is -2.13.